The third-order valence-electron chi connectivity index (χ3n) is 2.54. The quantitative estimate of drug-likeness (QED) is 0.724. The molecule has 0 bridgehead atoms. The van der Waals surface area contributed by atoms with Crippen molar-refractivity contribution in [2.24, 2.45) is 0 Å². The van der Waals surface area contributed by atoms with Crippen LogP contribution >= 0.6 is 11.6 Å². The fourth-order valence-electron chi connectivity index (χ4n) is 1.52. The van der Waals surface area contributed by atoms with Gasteiger partial charge in [-0.1, -0.05) is 37.3 Å². The molecule has 0 aromatic heterocycles. The van der Waals surface area contributed by atoms with E-state index >= 15 is 0 Å². The molecule has 0 unspecified atom stereocenters. The number of benzene rings is 1. The first-order chi connectivity index (χ1) is 7.69. The van der Waals surface area contributed by atoms with Crippen molar-refractivity contribution in [3.05, 3.63) is 35.9 Å². The van der Waals surface area contributed by atoms with E-state index in [-0.39, 0.29) is 5.91 Å². The fraction of sp³-hybridized carbons (Fsp3) is 0.462. The van der Waals surface area contributed by atoms with E-state index in [2.05, 4.69) is 0 Å². The number of hydrogen-bond donors (Lipinski definition) is 0. The summed E-state index contributed by atoms with van der Waals surface area (Å²) in [6.07, 6.45) is 0.672. The highest BCUT2D eigenvalue weighted by atomic mass is 35.5. The van der Waals surface area contributed by atoms with Crippen LogP contribution < -0.4 is 0 Å². The summed E-state index contributed by atoms with van der Waals surface area (Å²) < 4.78 is 0. The highest BCUT2D eigenvalue weighted by Gasteiger charge is 2.19. The SMILES string of the molecule is CC[C@@H](Cl)C(=O)N(CC)Cc1ccccc1. The number of nitrogens with zero attached hydrogens (tertiary/aromatic N) is 1. The summed E-state index contributed by atoms with van der Waals surface area (Å²) in [7, 11) is 0. The van der Waals surface area contributed by atoms with E-state index in [9.17, 15) is 4.79 Å². The van der Waals surface area contributed by atoms with Gasteiger partial charge in [0.1, 0.15) is 5.38 Å². The predicted octanol–water partition coefficient (Wildman–Crippen LogP) is 3.05. The average Bonchev–Trinajstić information content (AvgIpc) is 2.35. The van der Waals surface area contributed by atoms with Crippen LogP contribution in [0.3, 0.4) is 0 Å². The number of hydrogen-bond acceptors (Lipinski definition) is 1. The van der Waals surface area contributed by atoms with Crippen LogP contribution in [0.15, 0.2) is 30.3 Å². The van der Waals surface area contributed by atoms with E-state index in [1.165, 1.54) is 0 Å². The number of carbonyl (C=O) groups is 1. The number of amides is 1. The lowest BCUT2D eigenvalue weighted by Crippen LogP contribution is -2.35. The van der Waals surface area contributed by atoms with Crippen molar-refractivity contribution in [3.63, 3.8) is 0 Å². The maximum Gasteiger partial charge on any atom is 0.240 e. The largest absolute Gasteiger partial charge is 0.337 e. The first kappa shape index (κ1) is 13.0. The zero-order valence-corrected chi connectivity index (χ0v) is 10.6. The molecule has 0 saturated heterocycles. The molecule has 1 rings (SSSR count). The van der Waals surface area contributed by atoms with Gasteiger partial charge in [0.05, 0.1) is 0 Å². The van der Waals surface area contributed by atoms with Crippen LogP contribution in [-0.2, 0) is 11.3 Å². The van der Waals surface area contributed by atoms with Gasteiger partial charge in [-0.05, 0) is 18.9 Å². The van der Waals surface area contributed by atoms with Gasteiger partial charge in [-0.15, -0.1) is 11.6 Å². The molecule has 0 saturated carbocycles. The third-order valence-corrected chi connectivity index (χ3v) is 3.03. The molecule has 0 radical (unpaired) electrons. The van der Waals surface area contributed by atoms with Crippen molar-refractivity contribution in [1.29, 1.82) is 0 Å². The molecular formula is C13H18ClNO. The smallest absolute Gasteiger partial charge is 0.240 e. The normalized spacial score (nSPS) is 12.2. The molecule has 0 N–H and O–H groups in total. The molecular weight excluding hydrogens is 222 g/mol. The van der Waals surface area contributed by atoms with Gasteiger partial charge in [-0.2, -0.15) is 0 Å². The van der Waals surface area contributed by atoms with E-state index in [0.29, 0.717) is 19.5 Å². The Morgan fingerprint density at radius 2 is 1.94 bits per heavy atom. The van der Waals surface area contributed by atoms with Gasteiger partial charge in [-0.3, -0.25) is 4.79 Å². The van der Waals surface area contributed by atoms with Gasteiger partial charge in [0, 0.05) is 13.1 Å². The summed E-state index contributed by atoms with van der Waals surface area (Å²) in [5, 5.41) is -0.399. The molecule has 0 fully saturated rings. The molecule has 16 heavy (non-hydrogen) atoms. The zero-order chi connectivity index (χ0) is 12.0. The van der Waals surface area contributed by atoms with Crippen LogP contribution in [0, 0.1) is 0 Å². The topological polar surface area (TPSA) is 20.3 Å². The van der Waals surface area contributed by atoms with E-state index in [0.717, 1.165) is 5.56 Å². The van der Waals surface area contributed by atoms with E-state index in [4.69, 9.17) is 11.6 Å². The van der Waals surface area contributed by atoms with Crippen molar-refractivity contribution in [2.45, 2.75) is 32.2 Å². The molecule has 0 heterocycles. The van der Waals surface area contributed by atoms with Gasteiger partial charge in [0.15, 0.2) is 0 Å². The Hall–Kier alpha value is -1.02. The second-order valence-electron chi connectivity index (χ2n) is 3.71. The lowest BCUT2D eigenvalue weighted by atomic mass is 10.2. The van der Waals surface area contributed by atoms with E-state index in [1.807, 2.05) is 44.2 Å². The fourth-order valence-corrected chi connectivity index (χ4v) is 1.66. The summed E-state index contributed by atoms with van der Waals surface area (Å²) >= 11 is 5.96. The minimum absolute atomic E-state index is 0.0236. The molecule has 0 aliphatic carbocycles. The van der Waals surface area contributed by atoms with E-state index in [1.54, 1.807) is 4.90 Å². The van der Waals surface area contributed by atoms with Gasteiger partial charge >= 0.3 is 0 Å². The standard InChI is InChI=1S/C13H18ClNO/c1-3-12(14)13(16)15(4-2)10-11-8-6-5-7-9-11/h5-9,12H,3-4,10H2,1-2H3/t12-/m1/s1. The van der Waals surface area contributed by atoms with Crippen molar-refractivity contribution in [2.75, 3.05) is 6.54 Å². The van der Waals surface area contributed by atoms with Crippen LogP contribution in [0.4, 0.5) is 0 Å². The summed E-state index contributed by atoms with van der Waals surface area (Å²) in [6, 6.07) is 9.96. The van der Waals surface area contributed by atoms with Crippen molar-refractivity contribution >= 4 is 17.5 Å². The minimum Gasteiger partial charge on any atom is -0.337 e. The average molecular weight is 240 g/mol. The zero-order valence-electron chi connectivity index (χ0n) is 9.82. The van der Waals surface area contributed by atoms with E-state index < -0.39 is 5.38 Å². The molecule has 0 spiro atoms. The molecule has 88 valence electrons. The molecule has 2 nitrogen and oxygen atoms in total. The Labute approximate surface area is 102 Å². The molecule has 1 atom stereocenters. The lowest BCUT2D eigenvalue weighted by molar-refractivity contribution is -0.131. The number of alkyl halides is 1. The number of halogens is 1. The molecule has 1 aromatic carbocycles. The van der Waals surface area contributed by atoms with Gasteiger partial charge in [-0.25, -0.2) is 0 Å². The maximum absolute atomic E-state index is 11.9. The molecule has 0 aliphatic rings. The van der Waals surface area contributed by atoms with Crippen LogP contribution in [0.1, 0.15) is 25.8 Å². The predicted molar refractivity (Wildman–Crippen MR) is 67.5 cm³/mol. The van der Waals surface area contributed by atoms with Crippen molar-refractivity contribution in [3.8, 4) is 0 Å². The second kappa shape index (κ2) is 6.54. The molecule has 1 amide bonds. The molecule has 1 aromatic rings. The highest BCUT2D eigenvalue weighted by molar-refractivity contribution is 6.30. The van der Waals surface area contributed by atoms with Crippen LogP contribution in [-0.4, -0.2) is 22.7 Å². The lowest BCUT2D eigenvalue weighted by Gasteiger charge is -2.23. The van der Waals surface area contributed by atoms with Gasteiger partial charge in [0.2, 0.25) is 5.91 Å². The Morgan fingerprint density at radius 3 is 2.44 bits per heavy atom. The maximum atomic E-state index is 11.9. The summed E-state index contributed by atoms with van der Waals surface area (Å²) in [5.74, 6) is 0.0236. The van der Waals surface area contributed by atoms with Crippen molar-refractivity contribution < 1.29 is 4.79 Å². The summed E-state index contributed by atoms with van der Waals surface area (Å²) in [4.78, 5) is 13.7. The minimum atomic E-state index is -0.399. The monoisotopic (exact) mass is 239 g/mol. The summed E-state index contributed by atoms with van der Waals surface area (Å²) in [5.41, 5.74) is 1.14. The third kappa shape index (κ3) is 3.53. The Balaban J connectivity index is 2.66. The highest BCUT2D eigenvalue weighted by Crippen LogP contribution is 2.10. The number of rotatable bonds is 5. The first-order valence-electron chi connectivity index (χ1n) is 5.65. The molecule has 3 heteroatoms. The van der Waals surface area contributed by atoms with Crippen LogP contribution in [0.5, 0.6) is 0 Å². The summed E-state index contributed by atoms with van der Waals surface area (Å²) in [6.45, 7) is 5.22. The number of carbonyl (C=O) groups excluding carboxylic acids is 1. The molecule has 0 aliphatic heterocycles. The van der Waals surface area contributed by atoms with Crippen LogP contribution in [0.2, 0.25) is 0 Å². The second-order valence-corrected chi connectivity index (χ2v) is 4.24. The van der Waals surface area contributed by atoms with Gasteiger partial charge in [0.25, 0.3) is 0 Å². The van der Waals surface area contributed by atoms with Crippen LogP contribution in [0.25, 0.3) is 0 Å². The van der Waals surface area contributed by atoms with Crippen molar-refractivity contribution in [1.82, 2.24) is 4.90 Å². The first-order valence-corrected chi connectivity index (χ1v) is 6.09. The van der Waals surface area contributed by atoms with Gasteiger partial charge < -0.3 is 4.90 Å². The Kier molecular flexibility index (Phi) is 5.33. The Morgan fingerprint density at radius 1 is 1.31 bits per heavy atom. The Bertz CT molecular complexity index is 326.